The highest BCUT2D eigenvalue weighted by Crippen LogP contribution is 2.42. The number of halogens is 1. The first-order chi connectivity index (χ1) is 15.5. The Morgan fingerprint density at radius 2 is 1.75 bits per heavy atom. The Balaban J connectivity index is 1.75. The Kier molecular flexibility index (Phi) is 4.87. The Morgan fingerprint density at radius 1 is 1.03 bits per heavy atom. The zero-order valence-electron chi connectivity index (χ0n) is 17.0. The predicted molar refractivity (Wildman–Crippen MR) is 122 cm³/mol. The van der Waals surface area contributed by atoms with E-state index in [1.165, 1.54) is 17.0 Å². The zero-order valence-corrected chi connectivity index (χ0v) is 17.8. The summed E-state index contributed by atoms with van der Waals surface area (Å²) < 4.78 is 11.4. The molecule has 0 bridgehead atoms. The van der Waals surface area contributed by atoms with Crippen LogP contribution < -0.4 is 15.1 Å². The number of hydrogen-bond donors (Lipinski definition) is 1. The van der Waals surface area contributed by atoms with Gasteiger partial charge in [-0.2, -0.15) is 0 Å². The van der Waals surface area contributed by atoms with Crippen molar-refractivity contribution in [1.29, 1.82) is 0 Å². The molecule has 1 N–H and O–H groups in total. The molecule has 6 nitrogen and oxygen atoms in total. The minimum Gasteiger partial charge on any atom is -0.508 e. The molecule has 1 amide bonds. The fraction of sp³-hybridized carbons (Fsp3) is 0.120. The van der Waals surface area contributed by atoms with Crippen molar-refractivity contribution in [2.45, 2.75) is 13.0 Å². The van der Waals surface area contributed by atoms with Gasteiger partial charge in [-0.3, -0.25) is 14.5 Å². The van der Waals surface area contributed by atoms with E-state index in [2.05, 4.69) is 0 Å². The summed E-state index contributed by atoms with van der Waals surface area (Å²) in [7, 11) is 0. The smallest absolute Gasteiger partial charge is 0.295 e. The number of benzene rings is 3. The maximum Gasteiger partial charge on any atom is 0.295 e. The molecule has 0 spiro atoms. The summed E-state index contributed by atoms with van der Waals surface area (Å²) in [6.07, 6.45) is 0. The number of hydrogen-bond acceptors (Lipinski definition) is 5. The molecule has 160 valence electrons. The molecule has 0 saturated heterocycles. The van der Waals surface area contributed by atoms with E-state index in [0.717, 1.165) is 0 Å². The van der Waals surface area contributed by atoms with Crippen molar-refractivity contribution in [3.05, 3.63) is 98.9 Å². The summed E-state index contributed by atoms with van der Waals surface area (Å²) in [5.74, 6) is 0.340. The zero-order chi connectivity index (χ0) is 22.4. The van der Waals surface area contributed by atoms with Gasteiger partial charge < -0.3 is 14.3 Å². The molecule has 1 atom stereocenters. The van der Waals surface area contributed by atoms with Gasteiger partial charge in [-0.25, -0.2) is 0 Å². The lowest BCUT2D eigenvalue weighted by Crippen LogP contribution is -2.29. The first kappa shape index (κ1) is 20.2. The molecule has 3 aromatic carbocycles. The van der Waals surface area contributed by atoms with Gasteiger partial charge in [-0.1, -0.05) is 23.7 Å². The van der Waals surface area contributed by atoms with Crippen LogP contribution in [0.4, 0.5) is 5.69 Å². The van der Waals surface area contributed by atoms with Crippen LogP contribution in [0.2, 0.25) is 5.02 Å². The normalized spacial score (nSPS) is 15.2. The molecular formula is C25H18ClNO5. The van der Waals surface area contributed by atoms with E-state index in [0.29, 0.717) is 39.6 Å². The average Bonchev–Trinajstić information content (AvgIpc) is 3.08. The van der Waals surface area contributed by atoms with Gasteiger partial charge in [0.15, 0.2) is 5.43 Å². The molecule has 7 heteroatoms. The highest BCUT2D eigenvalue weighted by Gasteiger charge is 2.43. The summed E-state index contributed by atoms with van der Waals surface area (Å²) in [4.78, 5) is 28.6. The lowest BCUT2D eigenvalue weighted by molar-refractivity contribution is 0.0971. The van der Waals surface area contributed by atoms with E-state index in [1.807, 2.05) is 6.92 Å². The SMILES string of the molecule is CCOc1ccc(N2C(=O)c3oc4ccc(Cl)cc4c(=O)c3C2c2ccc(O)cc2)cc1. The number of phenols is 1. The van der Waals surface area contributed by atoms with E-state index in [-0.39, 0.29) is 22.5 Å². The Bertz CT molecular complexity index is 1390. The fourth-order valence-corrected chi connectivity index (χ4v) is 4.23. The number of aromatic hydroxyl groups is 1. The van der Waals surface area contributed by atoms with Gasteiger partial charge in [0.2, 0.25) is 5.76 Å². The monoisotopic (exact) mass is 447 g/mol. The van der Waals surface area contributed by atoms with Crippen molar-refractivity contribution in [1.82, 2.24) is 0 Å². The highest BCUT2D eigenvalue weighted by atomic mass is 35.5. The molecule has 1 aliphatic rings. The number of nitrogens with zero attached hydrogens (tertiary/aromatic N) is 1. The number of rotatable bonds is 4. The van der Waals surface area contributed by atoms with E-state index >= 15 is 0 Å². The second-order valence-electron chi connectivity index (χ2n) is 7.41. The van der Waals surface area contributed by atoms with E-state index < -0.39 is 11.9 Å². The van der Waals surface area contributed by atoms with Crippen molar-refractivity contribution in [3.63, 3.8) is 0 Å². The molecule has 32 heavy (non-hydrogen) atoms. The standard InChI is InChI=1S/C25H18ClNO5/c1-2-31-18-10-6-16(7-11-18)27-22(14-3-8-17(28)9-4-14)21-23(29)19-13-15(26)5-12-20(19)32-24(21)25(27)30/h3-13,22,28H,2H2,1H3. The van der Waals surface area contributed by atoms with Crippen molar-refractivity contribution < 1.29 is 19.1 Å². The van der Waals surface area contributed by atoms with E-state index in [4.69, 9.17) is 20.8 Å². The molecule has 0 saturated carbocycles. The number of fused-ring (bicyclic) bond motifs is 2. The second-order valence-corrected chi connectivity index (χ2v) is 7.85. The topological polar surface area (TPSA) is 80.0 Å². The summed E-state index contributed by atoms with van der Waals surface area (Å²) in [5, 5.41) is 10.5. The first-order valence-electron chi connectivity index (χ1n) is 10.1. The molecule has 1 unspecified atom stereocenters. The molecule has 1 aliphatic heterocycles. The molecule has 1 aromatic heterocycles. The van der Waals surface area contributed by atoms with Crippen LogP contribution in [0.1, 0.15) is 34.6 Å². The maximum absolute atomic E-state index is 13.5. The molecule has 4 aromatic rings. The van der Waals surface area contributed by atoms with Gasteiger partial charge in [0.1, 0.15) is 17.1 Å². The fourth-order valence-electron chi connectivity index (χ4n) is 4.05. The van der Waals surface area contributed by atoms with Crippen molar-refractivity contribution in [3.8, 4) is 11.5 Å². The lowest BCUT2D eigenvalue weighted by atomic mass is 9.98. The minimum atomic E-state index is -0.726. The summed E-state index contributed by atoms with van der Waals surface area (Å²) in [5.41, 5.74) is 1.47. The Morgan fingerprint density at radius 3 is 2.44 bits per heavy atom. The van der Waals surface area contributed by atoms with Gasteiger partial charge in [0.25, 0.3) is 5.91 Å². The first-order valence-corrected chi connectivity index (χ1v) is 10.5. The molecule has 0 fully saturated rings. The largest absolute Gasteiger partial charge is 0.508 e. The quantitative estimate of drug-likeness (QED) is 0.459. The minimum absolute atomic E-state index is 0.00298. The molecular weight excluding hydrogens is 430 g/mol. The number of ether oxygens (including phenoxy) is 1. The third-order valence-electron chi connectivity index (χ3n) is 5.47. The summed E-state index contributed by atoms with van der Waals surface area (Å²) in [6.45, 7) is 2.42. The molecule has 2 heterocycles. The number of carbonyl (C=O) groups is 1. The van der Waals surface area contributed by atoms with Crippen LogP contribution in [0.3, 0.4) is 0 Å². The van der Waals surface area contributed by atoms with Crippen LogP contribution in [-0.2, 0) is 0 Å². The molecule has 5 rings (SSSR count). The Labute approximate surface area is 188 Å². The van der Waals surface area contributed by atoms with Crippen LogP contribution in [0, 0.1) is 0 Å². The number of anilines is 1. The van der Waals surface area contributed by atoms with Gasteiger partial charge >= 0.3 is 0 Å². The van der Waals surface area contributed by atoms with Crippen LogP contribution in [0.15, 0.2) is 75.9 Å². The number of phenolic OH excluding ortho intramolecular Hbond substituents is 1. The molecule has 0 radical (unpaired) electrons. The van der Waals surface area contributed by atoms with E-state index in [1.54, 1.807) is 54.6 Å². The number of amides is 1. The Hall–Kier alpha value is -3.77. The van der Waals surface area contributed by atoms with Crippen LogP contribution in [0.25, 0.3) is 11.0 Å². The van der Waals surface area contributed by atoms with Crippen LogP contribution in [-0.4, -0.2) is 17.6 Å². The third-order valence-corrected chi connectivity index (χ3v) is 5.70. The second kappa shape index (κ2) is 7.73. The van der Waals surface area contributed by atoms with Gasteiger partial charge in [0, 0.05) is 10.7 Å². The maximum atomic E-state index is 13.5. The molecule has 0 aliphatic carbocycles. The van der Waals surface area contributed by atoms with Crippen molar-refractivity contribution in [2.24, 2.45) is 0 Å². The van der Waals surface area contributed by atoms with Crippen molar-refractivity contribution in [2.75, 3.05) is 11.5 Å². The van der Waals surface area contributed by atoms with Gasteiger partial charge in [-0.05, 0) is 67.1 Å². The third kappa shape index (κ3) is 3.20. The van der Waals surface area contributed by atoms with E-state index in [9.17, 15) is 14.7 Å². The lowest BCUT2D eigenvalue weighted by Gasteiger charge is -2.25. The average molecular weight is 448 g/mol. The van der Waals surface area contributed by atoms with Gasteiger partial charge in [0.05, 0.1) is 23.6 Å². The van der Waals surface area contributed by atoms with Gasteiger partial charge in [-0.15, -0.1) is 0 Å². The number of carbonyl (C=O) groups excluding carboxylic acids is 1. The van der Waals surface area contributed by atoms with Crippen LogP contribution >= 0.6 is 11.6 Å². The van der Waals surface area contributed by atoms with Crippen molar-refractivity contribution >= 4 is 34.2 Å². The highest BCUT2D eigenvalue weighted by molar-refractivity contribution is 6.31. The van der Waals surface area contributed by atoms with Crippen LogP contribution in [0.5, 0.6) is 11.5 Å². The summed E-state index contributed by atoms with van der Waals surface area (Å²) >= 11 is 6.11. The summed E-state index contributed by atoms with van der Waals surface area (Å²) in [6, 6.07) is 17.5. The predicted octanol–water partition coefficient (Wildman–Crippen LogP) is 5.30.